The Balaban J connectivity index is 1.92. The number of thioether (sulfide) groups is 2. The maximum atomic E-state index is 13.6. The molecule has 2 aromatic rings. The Labute approximate surface area is 211 Å². The van der Waals surface area contributed by atoms with Gasteiger partial charge in [-0.15, -0.1) is 33.3 Å². The van der Waals surface area contributed by atoms with Gasteiger partial charge in [-0.2, -0.15) is 5.26 Å². The molecule has 0 fully saturated rings. The van der Waals surface area contributed by atoms with E-state index in [1.165, 1.54) is 11.3 Å². The molecule has 0 saturated heterocycles. The summed E-state index contributed by atoms with van der Waals surface area (Å²) in [6.45, 7) is 10.5. The normalized spacial score (nSPS) is 20.5. The monoisotopic (exact) mass is 517 g/mol. The highest BCUT2D eigenvalue weighted by Crippen LogP contribution is 2.52. The van der Waals surface area contributed by atoms with E-state index in [2.05, 4.69) is 50.9 Å². The zero-order valence-electron chi connectivity index (χ0n) is 19.3. The minimum atomic E-state index is -0.442. The van der Waals surface area contributed by atoms with E-state index in [1.54, 1.807) is 34.9 Å². The summed E-state index contributed by atoms with van der Waals surface area (Å²) in [7, 11) is 0. The minimum absolute atomic E-state index is 0.0800. The van der Waals surface area contributed by atoms with Crippen molar-refractivity contribution in [2.45, 2.75) is 67.2 Å². The van der Waals surface area contributed by atoms with Crippen LogP contribution in [-0.4, -0.2) is 27.0 Å². The van der Waals surface area contributed by atoms with Crippen molar-refractivity contribution in [1.29, 1.82) is 5.26 Å². The molecule has 0 saturated carbocycles. The van der Waals surface area contributed by atoms with Gasteiger partial charge in [-0.25, -0.2) is 0 Å². The van der Waals surface area contributed by atoms with Crippen LogP contribution in [0.3, 0.4) is 0 Å². The van der Waals surface area contributed by atoms with Gasteiger partial charge >= 0.3 is 0 Å². The second kappa shape index (κ2) is 9.45. The zero-order chi connectivity index (χ0) is 23.9. The van der Waals surface area contributed by atoms with Gasteiger partial charge in [-0.05, 0) is 34.6 Å². The number of allylic oxidation sites excluding steroid dienone is 3. The SMILES string of the molecule is CCSc1sccc1C1C(C#N)=C(N)N(c2nnc(SC(C)C)s2)C2=C1C(=O)CC(C)(C)C2. The van der Waals surface area contributed by atoms with Crippen LogP contribution in [0.5, 0.6) is 0 Å². The molecule has 174 valence electrons. The van der Waals surface area contributed by atoms with Crippen LogP contribution in [-0.2, 0) is 4.79 Å². The maximum Gasteiger partial charge on any atom is 0.219 e. The quantitative estimate of drug-likeness (QED) is 0.456. The Hall–Kier alpha value is -1.80. The van der Waals surface area contributed by atoms with Crippen molar-refractivity contribution in [1.82, 2.24) is 10.2 Å². The van der Waals surface area contributed by atoms with E-state index in [0.717, 1.165) is 25.6 Å². The van der Waals surface area contributed by atoms with Gasteiger partial charge in [-0.3, -0.25) is 9.69 Å². The van der Waals surface area contributed by atoms with Gasteiger partial charge in [0, 0.05) is 22.9 Å². The predicted octanol–water partition coefficient (Wildman–Crippen LogP) is 6.15. The highest BCUT2D eigenvalue weighted by Gasteiger charge is 2.46. The molecule has 2 aliphatic rings. The van der Waals surface area contributed by atoms with Crippen molar-refractivity contribution in [2.75, 3.05) is 10.7 Å². The van der Waals surface area contributed by atoms with Gasteiger partial charge in [-0.1, -0.05) is 57.7 Å². The van der Waals surface area contributed by atoms with Crippen molar-refractivity contribution in [3.63, 3.8) is 0 Å². The standard InChI is InChI=1S/C23H27N5OS4/c1-6-30-20-13(7-8-31-20)17-14(11-24)19(25)28(21-26-27-22(33-21)32-12(2)3)15-9-23(4,5)10-16(29)18(15)17/h7-8,12,17H,6,9-10,25H2,1-5H3. The summed E-state index contributed by atoms with van der Waals surface area (Å²) < 4.78 is 1.98. The summed E-state index contributed by atoms with van der Waals surface area (Å²) in [4.78, 5) is 15.4. The smallest absolute Gasteiger partial charge is 0.219 e. The molecule has 33 heavy (non-hydrogen) atoms. The fraction of sp³-hybridized carbons (Fsp3) is 0.478. The molecule has 0 spiro atoms. The largest absolute Gasteiger partial charge is 0.384 e. The van der Waals surface area contributed by atoms with Crippen LogP contribution in [0.2, 0.25) is 0 Å². The Bertz CT molecular complexity index is 1180. The lowest BCUT2D eigenvalue weighted by Gasteiger charge is -2.42. The number of Topliss-reactive ketones (excluding diaryl/α,β-unsaturated/α-hetero) is 1. The first-order valence-electron chi connectivity index (χ1n) is 10.8. The predicted molar refractivity (Wildman–Crippen MR) is 139 cm³/mol. The average Bonchev–Trinajstić information content (AvgIpc) is 3.35. The first kappa shape index (κ1) is 24.3. The van der Waals surface area contributed by atoms with Crippen LogP contribution in [0, 0.1) is 16.7 Å². The molecule has 6 nitrogen and oxygen atoms in total. The number of nitrogens with zero attached hydrogens (tertiary/aromatic N) is 4. The Morgan fingerprint density at radius 2 is 2.12 bits per heavy atom. The summed E-state index contributed by atoms with van der Waals surface area (Å²) in [5.41, 5.74) is 9.44. The number of hydrogen-bond donors (Lipinski definition) is 1. The number of nitriles is 1. The second-order valence-electron chi connectivity index (χ2n) is 9.09. The Morgan fingerprint density at radius 3 is 2.79 bits per heavy atom. The van der Waals surface area contributed by atoms with Gasteiger partial charge < -0.3 is 5.73 Å². The third-order valence-electron chi connectivity index (χ3n) is 5.55. The lowest BCUT2D eigenvalue weighted by molar-refractivity contribution is -0.118. The number of aromatic nitrogens is 2. The lowest BCUT2D eigenvalue weighted by atomic mass is 9.69. The van der Waals surface area contributed by atoms with Gasteiger partial charge in [0.15, 0.2) is 10.1 Å². The number of carbonyl (C=O) groups excluding carboxylic acids is 1. The molecule has 1 aliphatic carbocycles. The molecular formula is C23H27N5OS4. The number of thiophene rings is 1. The van der Waals surface area contributed by atoms with E-state index in [-0.39, 0.29) is 11.2 Å². The number of carbonyl (C=O) groups is 1. The van der Waals surface area contributed by atoms with E-state index < -0.39 is 5.92 Å². The van der Waals surface area contributed by atoms with E-state index in [1.807, 2.05) is 16.3 Å². The van der Waals surface area contributed by atoms with Crippen molar-refractivity contribution < 1.29 is 4.79 Å². The van der Waals surface area contributed by atoms with Gasteiger partial charge in [0.05, 0.1) is 21.8 Å². The Morgan fingerprint density at radius 1 is 1.36 bits per heavy atom. The van der Waals surface area contributed by atoms with Crippen LogP contribution >= 0.6 is 46.2 Å². The Kier molecular flexibility index (Phi) is 6.97. The fourth-order valence-electron chi connectivity index (χ4n) is 4.35. The number of anilines is 1. The van der Waals surface area contributed by atoms with Crippen molar-refractivity contribution in [3.05, 3.63) is 39.7 Å². The van der Waals surface area contributed by atoms with Crippen molar-refractivity contribution in [3.8, 4) is 6.07 Å². The fourth-order valence-corrected chi connectivity index (χ4v) is 8.52. The molecule has 10 heteroatoms. The van der Waals surface area contributed by atoms with E-state index in [0.29, 0.717) is 40.2 Å². The average molecular weight is 518 g/mol. The molecule has 0 bridgehead atoms. The first-order chi connectivity index (χ1) is 15.7. The molecule has 2 aromatic heterocycles. The molecule has 0 amide bonds. The summed E-state index contributed by atoms with van der Waals surface area (Å²) in [5.74, 6) is 0.906. The molecular weight excluding hydrogens is 491 g/mol. The number of rotatable bonds is 6. The van der Waals surface area contributed by atoms with Crippen LogP contribution in [0.1, 0.15) is 58.9 Å². The van der Waals surface area contributed by atoms with Gasteiger partial charge in [0.1, 0.15) is 5.82 Å². The summed E-state index contributed by atoms with van der Waals surface area (Å²) in [5, 5.41) is 22.0. The molecule has 1 aliphatic heterocycles. The molecule has 4 rings (SSSR count). The first-order valence-corrected chi connectivity index (χ1v) is 14.4. The van der Waals surface area contributed by atoms with Gasteiger partial charge in [0.25, 0.3) is 0 Å². The molecule has 3 heterocycles. The zero-order valence-corrected chi connectivity index (χ0v) is 22.6. The number of nitrogens with two attached hydrogens (primary N) is 1. The highest BCUT2D eigenvalue weighted by atomic mass is 32.2. The third-order valence-corrected chi connectivity index (χ3v) is 9.70. The van der Waals surface area contributed by atoms with Crippen LogP contribution in [0.15, 0.2) is 42.7 Å². The van der Waals surface area contributed by atoms with Crippen LogP contribution in [0.4, 0.5) is 5.13 Å². The highest BCUT2D eigenvalue weighted by molar-refractivity contribution is 8.01. The van der Waals surface area contributed by atoms with Crippen molar-refractivity contribution >= 4 is 57.1 Å². The summed E-state index contributed by atoms with van der Waals surface area (Å²) in [6.07, 6.45) is 1.12. The third kappa shape index (κ3) is 4.61. The maximum absolute atomic E-state index is 13.6. The molecule has 0 aromatic carbocycles. The lowest BCUT2D eigenvalue weighted by Crippen LogP contribution is -2.42. The van der Waals surface area contributed by atoms with Crippen LogP contribution < -0.4 is 10.6 Å². The van der Waals surface area contributed by atoms with E-state index >= 15 is 0 Å². The van der Waals surface area contributed by atoms with E-state index in [4.69, 9.17) is 5.73 Å². The summed E-state index contributed by atoms with van der Waals surface area (Å²) in [6, 6.07) is 4.38. The number of ketones is 1. The number of hydrogen-bond acceptors (Lipinski definition) is 10. The summed E-state index contributed by atoms with van der Waals surface area (Å²) >= 11 is 6.47. The van der Waals surface area contributed by atoms with Gasteiger partial charge in [0.2, 0.25) is 5.13 Å². The molecule has 2 N–H and O–H groups in total. The van der Waals surface area contributed by atoms with Crippen molar-refractivity contribution in [2.24, 2.45) is 11.1 Å². The second-order valence-corrected chi connectivity index (χ2v) is 14.3. The van der Waals surface area contributed by atoms with E-state index in [9.17, 15) is 10.1 Å². The topological polar surface area (TPSA) is 95.9 Å². The molecule has 0 radical (unpaired) electrons. The molecule has 1 atom stereocenters. The van der Waals surface area contributed by atoms with Crippen LogP contribution in [0.25, 0.3) is 0 Å². The minimum Gasteiger partial charge on any atom is -0.384 e. The molecule has 1 unspecified atom stereocenters.